The van der Waals surface area contributed by atoms with E-state index in [0.717, 1.165) is 13.1 Å². The summed E-state index contributed by atoms with van der Waals surface area (Å²) in [4.78, 5) is 21.3. The first kappa shape index (κ1) is 16.2. The quantitative estimate of drug-likeness (QED) is 0.840. The van der Waals surface area contributed by atoms with Crippen LogP contribution in [0.1, 0.15) is 27.4 Å². The first-order valence-electron chi connectivity index (χ1n) is 8.60. The van der Waals surface area contributed by atoms with E-state index in [9.17, 15) is 4.79 Å². The lowest BCUT2D eigenvalue weighted by atomic mass is 10.1. The van der Waals surface area contributed by atoms with E-state index in [1.165, 1.54) is 5.56 Å². The molecule has 0 saturated carbocycles. The van der Waals surface area contributed by atoms with Crippen molar-refractivity contribution < 1.29 is 14.1 Å². The normalized spacial score (nSPS) is 23.7. The lowest BCUT2D eigenvalue weighted by Crippen LogP contribution is -2.50. The number of pyridine rings is 1. The lowest BCUT2D eigenvalue weighted by molar-refractivity contribution is -0.0503. The third kappa shape index (κ3) is 3.05. The second kappa shape index (κ2) is 6.57. The van der Waals surface area contributed by atoms with Crippen LogP contribution in [0.5, 0.6) is 0 Å². The molecule has 0 N–H and O–H groups in total. The maximum atomic E-state index is 12.9. The standard InChI is InChI=1S/C18H22N4O3/c1-12-17(13(2)25-20-12)18(23)22-10-15-16(11-22)24-8-7-21(15)9-14-3-5-19-6-4-14/h3-6,15-16H,7-11H2,1-2H3/t15-,16+/m0/s1. The molecule has 2 aliphatic heterocycles. The Kier molecular flexibility index (Phi) is 4.27. The van der Waals surface area contributed by atoms with Crippen molar-refractivity contribution in [3.8, 4) is 0 Å². The van der Waals surface area contributed by atoms with Gasteiger partial charge in [-0.25, -0.2) is 0 Å². The Morgan fingerprint density at radius 1 is 1.28 bits per heavy atom. The molecule has 4 rings (SSSR count). The van der Waals surface area contributed by atoms with Gasteiger partial charge in [0.1, 0.15) is 11.3 Å². The SMILES string of the molecule is Cc1noc(C)c1C(=O)N1C[C@H]2OCCN(Cc3ccncc3)[C@H]2C1. The van der Waals surface area contributed by atoms with Crippen molar-refractivity contribution in [1.29, 1.82) is 0 Å². The minimum atomic E-state index is -0.0156. The Morgan fingerprint density at radius 2 is 2.08 bits per heavy atom. The van der Waals surface area contributed by atoms with Crippen LogP contribution in [0.3, 0.4) is 0 Å². The number of carbonyl (C=O) groups is 1. The van der Waals surface area contributed by atoms with E-state index >= 15 is 0 Å². The number of hydrogen-bond donors (Lipinski definition) is 0. The van der Waals surface area contributed by atoms with Crippen LogP contribution in [0.15, 0.2) is 29.0 Å². The first-order chi connectivity index (χ1) is 12.1. The summed E-state index contributed by atoms with van der Waals surface area (Å²) < 4.78 is 11.1. The van der Waals surface area contributed by atoms with Gasteiger partial charge < -0.3 is 14.2 Å². The summed E-state index contributed by atoms with van der Waals surface area (Å²) in [5, 5.41) is 3.90. The topological polar surface area (TPSA) is 71.7 Å². The molecule has 7 nitrogen and oxygen atoms in total. The van der Waals surface area contributed by atoms with Crippen LogP contribution >= 0.6 is 0 Å². The fourth-order valence-electron chi connectivity index (χ4n) is 3.79. The van der Waals surface area contributed by atoms with Crippen molar-refractivity contribution in [2.45, 2.75) is 32.5 Å². The molecular weight excluding hydrogens is 320 g/mol. The summed E-state index contributed by atoms with van der Waals surface area (Å²) in [6.45, 7) is 7.28. The molecule has 0 spiro atoms. The first-order valence-corrected chi connectivity index (χ1v) is 8.60. The number of fused-ring (bicyclic) bond motifs is 1. The smallest absolute Gasteiger partial charge is 0.259 e. The second-order valence-corrected chi connectivity index (χ2v) is 6.71. The van der Waals surface area contributed by atoms with Gasteiger partial charge in [0.25, 0.3) is 5.91 Å². The zero-order valence-electron chi connectivity index (χ0n) is 14.5. The number of ether oxygens (including phenoxy) is 1. The van der Waals surface area contributed by atoms with Crippen molar-refractivity contribution >= 4 is 5.91 Å². The van der Waals surface area contributed by atoms with E-state index in [-0.39, 0.29) is 18.1 Å². The molecule has 2 atom stereocenters. The summed E-state index contributed by atoms with van der Waals surface area (Å²) in [6, 6.07) is 4.28. The molecule has 4 heterocycles. The van der Waals surface area contributed by atoms with Gasteiger partial charge in [-0.3, -0.25) is 14.7 Å². The van der Waals surface area contributed by atoms with Gasteiger partial charge in [0.2, 0.25) is 0 Å². The highest BCUT2D eigenvalue weighted by atomic mass is 16.5. The Labute approximate surface area is 146 Å². The van der Waals surface area contributed by atoms with Gasteiger partial charge in [0.15, 0.2) is 0 Å². The third-order valence-corrected chi connectivity index (χ3v) is 5.09. The van der Waals surface area contributed by atoms with Crippen LogP contribution in [0.2, 0.25) is 0 Å². The monoisotopic (exact) mass is 342 g/mol. The average molecular weight is 342 g/mol. The number of aromatic nitrogens is 2. The highest BCUT2D eigenvalue weighted by Crippen LogP contribution is 2.27. The molecule has 0 bridgehead atoms. The molecule has 25 heavy (non-hydrogen) atoms. The molecule has 7 heteroatoms. The van der Waals surface area contributed by atoms with Crippen LogP contribution in [0, 0.1) is 13.8 Å². The van der Waals surface area contributed by atoms with Gasteiger partial charge in [-0.1, -0.05) is 5.16 Å². The largest absolute Gasteiger partial charge is 0.373 e. The number of morpholine rings is 1. The third-order valence-electron chi connectivity index (χ3n) is 5.09. The summed E-state index contributed by atoms with van der Waals surface area (Å²) in [6.07, 6.45) is 3.68. The van der Waals surface area contributed by atoms with E-state index in [4.69, 9.17) is 9.26 Å². The van der Waals surface area contributed by atoms with Gasteiger partial charge in [-0.15, -0.1) is 0 Å². The number of nitrogens with zero attached hydrogens (tertiary/aromatic N) is 4. The molecule has 2 aliphatic rings. The van der Waals surface area contributed by atoms with Gasteiger partial charge in [0.05, 0.1) is 24.4 Å². The van der Waals surface area contributed by atoms with Crippen LogP contribution in [-0.4, -0.2) is 64.2 Å². The number of rotatable bonds is 3. The number of amides is 1. The molecule has 0 unspecified atom stereocenters. The highest BCUT2D eigenvalue weighted by molar-refractivity contribution is 5.96. The zero-order chi connectivity index (χ0) is 17.4. The fourth-order valence-corrected chi connectivity index (χ4v) is 3.79. The zero-order valence-corrected chi connectivity index (χ0v) is 14.5. The number of likely N-dealkylation sites (tertiary alicyclic amines) is 1. The highest BCUT2D eigenvalue weighted by Gasteiger charge is 2.42. The predicted octanol–water partition coefficient (Wildman–Crippen LogP) is 1.41. The van der Waals surface area contributed by atoms with E-state index in [1.54, 1.807) is 13.8 Å². The Hall–Kier alpha value is -2.25. The number of aryl methyl sites for hydroxylation is 2. The van der Waals surface area contributed by atoms with Crippen molar-refractivity contribution in [2.24, 2.45) is 0 Å². The van der Waals surface area contributed by atoms with Crippen LogP contribution in [0.25, 0.3) is 0 Å². The van der Waals surface area contributed by atoms with Gasteiger partial charge in [-0.2, -0.15) is 0 Å². The van der Waals surface area contributed by atoms with E-state index < -0.39 is 0 Å². The molecular formula is C18H22N4O3. The molecule has 132 valence electrons. The molecule has 2 aromatic rings. The maximum absolute atomic E-state index is 12.9. The average Bonchev–Trinajstić information content (AvgIpc) is 3.20. The van der Waals surface area contributed by atoms with E-state index in [2.05, 4.69) is 15.0 Å². The Balaban J connectivity index is 1.50. The van der Waals surface area contributed by atoms with Crippen molar-refractivity contribution in [1.82, 2.24) is 19.9 Å². The molecule has 0 aliphatic carbocycles. The minimum absolute atomic E-state index is 0.0156. The summed E-state index contributed by atoms with van der Waals surface area (Å²) in [7, 11) is 0. The molecule has 0 aromatic carbocycles. The molecule has 2 saturated heterocycles. The minimum Gasteiger partial charge on any atom is -0.373 e. The van der Waals surface area contributed by atoms with E-state index in [0.29, 0.717) is 36.7 Å². The van der Waals surface area contributed by atoms with Crippen molar-refractivity contribution in [3.63, 3.8) is 0 Å². The predicted molar refractivity (Wildman–Crippen MR) is 90.1 cm³/mol. The van der Waals surface area contributed by atoms with E-state index in [1.807, 2.05) is 29.4 Å². The van der Waals surface area contributed by atoms with Gasteiger partial charge >= 0.3 is 0 Å². The van der Waals surface area contributed by atoms with Crippen molar-refractivity contribution in [2.75, 3.05) is 26.2 Å². The molecule has 2 fully saturated rings. The molecule has 2 aromatic heterocycles. The Morgan fingerprint density at radius 3 is 2.80 bits per heavy atom. The summed E-state index contributed by atoms with van der Waals surface area (Å²) in [5.41, 5.74) is 2.46. The van der Waals surface area contributed by atoms with Crippen LogP contribution in [0.4, 0.5) is 0 Å². The lowest BCUT2D eigenvalue weighted by Gasteiger charge is -2.36. The molecule has 1 amide bonds. The number of carbonyl (C=O) groups excluding carboxylic acids is 1. The van der Waals surface area contributed by atoms with Crippen LogP contribution < -0.4 is 0 Å². The Bertz CT molecular complexity index is 741. The second-order valence-electron chi connectivity index (χ2n) is 6.71. The van der Waals surface area contributed by atoms with Crippen LogP contribution in [-0.2, 0) is 11.3 Å². The molecule has 0 radical (unpaired) electrons. The fraction of sp³-hybridized carbons (Fsp3) is 0.500. The van der Waals surface area contributed by atoms with Gasteiger partial charge in [-0.05, 0) is 31.5 Å². The summed E-state index contributed by atoms with van der Waals surface area (Å²) in [5.74, 6) is 0.560. The maximum Gasteiger partial charge on any atom is 0.259 e. The van der Waals surface area contributed by atoms with Gasteiger partial charge in [0, 0.05) is 38.6 Å². The number of hydrogen-bond acceptors (Lipinski definition) is 6. The van der Waals surface area contributed by atoms with Crippen molar-refractivity contribution in [3.05, 3.63) is 47.1 Å². The summed E-state index contributed by atoms with van der Waals surface area (Å²) >= 11 is 0.